The third kappa shape index (κ3) is 3.84. The first-order chi connectivity index (χ1) is 18.2. The van der Waals surface area contributed by atoms with Gasteiger partial charge in [-0.05, 0) is 92.3 Å². The van der Waals surface area contributed by atoms with E-state index in [0.717, 1.165) is 71.5 Å². The van der Waals surface area contributed by atoms with Gasteiger partial charge < -0.3 is 15.0 Å². The number of methoxy groups -OCH3 is 1. The molecule has 0 radical (unpaired) electrons. The largest absolute Gasteiger partial charge is 0.496 e. The molecule has 1 atom stereocenters. The number of ether oxygens (including phenoxy) is 1. The number of nitrogens with zero attached hydrogens (tertiary/aromatic N) is 1. The number of nitrogens with one attached hydrogen (secondary N) is 2. The summed E-state index contributed by atoms with van der Waals surface area (Å²) in [4.78, 5) is 18.6. The lowest BCUT2D eigenvalue weighted by Gasteiger charge is -2.61. The van der Waals surface area contributed by atoms with Gasteiger partial charge in [0.2, 0.25) is 5.92 Å². The summed E-state index contributed by atoms with van der Waals surface area (Å²) in [6.45, 7) is 3.48. The Hall–Kier alpha value is -2.93. The summed E-state index contributed by atoms with van der Waals surface area (Å²) in [5.41, 5.74) is 4.82. The van der Waals surface area contributed by atoms with Crippen molar-refractivity contribution < 1.29 is 18.3 Å². The second kappa shape index (κ2) is 8.28. The number of aromatic amines is 1. The predicted octanol–water partition coefficient (Wildman–Crippen LogP) is 6.52. The zero-order chi connectivity index (χ0) is 26.3. The minimum atomic E-state index is -2.55. The fourth-order valence-corrected chi connectivity index (χ4v) is 7.85. The third-order valence-corrected chi connectivity index (χ3v) is 9.93. The van der Waals surface area contributed by atoms with E-state index in [4.69, 9.17) is 4.74 Å². The summed E-state index contributed by atoms with van der Waals surface area (Å²) in [5, 5.41) is 4.37. The van der Waals surface area contributed by atoms with Gasteiger partial charge in [0.05, 0.1) is 7.11 Å². The summed E-state index contributed by atoms with van der Waals surface area (Å²) >= 11 is 0. The van der Waals surface area contributed by atoms with Crippen LogP contribution in [-0.4, -0.2) is 40.9 Å². The first kappa shape index (κ1) is 24.1. The summed E-state index contributed by atoms with van der Waals surface area (Å²) in [7, 11) is 1.70. The lowest BCUT2D eigenvalue weighted by Crippen LogP contribution is -2.68. The third-order valence-electron chi connectivity index (χ3n) is 9.93. The molecule has 1 saturated heterocycles. The molecule has 8 rings (SSSR count). The van der Waals surface area contributed by atoms with E-state index >= 15 is 0 Å². The highest BCUT2D eigenvalue weighted by molar-refractivity contribution is 5.95. The molecule has 3 aromatic rings. The molecule has 2 heterocycles. The number of aryl methyl sites for hydroxylation is 1. The summed E-state index contributed by atoms with van der Waals surface area (Å²) in [5.74, 6) is -0.900. The van der Waals surface area contributed by atoms with Gasteiger partial charge in [0.1, 0.15) is 5.75 Å². The van der Waals surface area contributed by atoms with E-state index in [0.29, 0.717) is 18.5 Å². The van der Waals surface area contributed by atoms with E-state index in [2.05, 4.69) is 34.3 Å². The highest BCUT2D eigenvalue weighted by atomic mass is 19.3. The van der Waals surface area contributed by atoms with Crippen LogP contribution in [0.2, 0.25) is 0 Å². The van der Waals surface area contributed by atoms with E-state index in [1.165, 1.54) is 0 Å². The van der Waals surface area contributed by atoms with Crippen LogP contribution in [-0.2, 0) is 6.54 Å². The Morgan fingerprint density at radius 3 is 2.50 bits per heavy atom. The summed E-state index contributed by atoms with van der Waals surface area (Å²) < 4.78 is 33.9. The smallest absolute Gasteiger partial charge is 0.251 e. The zero-order valence-corrected chi connectivity index (χ0v) is 22.1. The quantitative estimate of drug-likeness (QED) is 0.390. The van der Waals surface area contributed by atoms with E-state index in [1.807, 2.05) is 30.5 Å². The van der Waals surface area contributed by atoms with Crippen molar-refractivity contribution in [2.75, 3.05) is 13.7 Å². The van der Waals surface area contributed by atoms with Crippen LogP contribution < -0.4 is 10.1 Å². The summed E-state index contributed by atoms with van der Waals surface area (Å²) in [6.07, 6.45) is 6.70. The Bertz CT molecular complexity index is 1390. The second-order valence-corrected chi connectivity index (χ2v) is 12.6. The highest BCUT2D eigenvalue weighted by Gasteiger charge is 2.59. The predicted molar refractivity (Wildman–Crippen MR) is 143 cm³/mol. The number of alkyl halides is 2. The number of hydrogen-bond donors (Lipinski definition) is 2. The average Bonchev–Trinajstić information content (AvgIpc) is 3.33. The Balaban J connectivity index is 1.18. The number of benzene rings is 2. The van der Waals surface area contributed by atoms with Crippen molar-refractivity contribution >= 4 is 16.8 Å². The van der Waals surface area contributed by atoms with E-state index < -0.39 is 5.92 Å². The number of aromatic nitrogens is 1. The number of rotatable bonds is 6. The molecule has 1 unspecified atom stereocenters. The molecule has 1 spiro atoms. The number of halogens is 2. The molecule has 1 aliphatic heterocycles. The molecule has 5 aliphatic rings. The van der Waals surface area contributed by atoms with Crippen molar-refractivity contribution in [3.63, 3.8) is 0 Å². The maximum Gasteiger partial charge on any atom is 0.251 e. The van der Waals surface area contributed by atoms with Crippen LogP contribution in [0.25, 0.3) is 10.9 Å². The van der Waals surface area contributed by atoms with Crippen LogP contribution in [0.1, 0.15) is 78.0 Å². The van der Waals surface area contributed by atoms with Gasteiger partial charge in [0.25, 0.3) is 5.91 Å². The summed E-state index contributed by atoms with van der Waals surface area (Å²) in [6, 6.07) is 12.0. The first-order valence-corrected chi connectivity index (χ1v) is 13.9. The number of carbonyl (C=O) groups excluding carboxylic acids is 1. The van der Waals surface area contributed by atoms with Crippen molar-refractivity contribution in [2.45, 2.75) is 75.9 Å². The van der Waals surface area contributed by atoms with E-state index in [9.17, 15) is 13.6 Å². The van der Waals surface area contributed by atoms with Crippen molar-refractivity contribution in [3.8, 4) is 5.75 Å². The van der Waals surface area contributed by atoms with Crippen LogP contribution in [0.3, 0.4) is 0 Å². The van der Waals surface area contributed by atoms with Gasteiger partial charge in [-0.25, -0.2) is 8.78 Å². The number of carbonyl (C=O) groups is 1. The Morgan fingerprint density at radius 1 is 1.13 bits per heavy atom. The fraction of sp³-hybridized carbons (Fsp3) is 0.516. The SMILES string of the molecule is COc1cc(C)c2[nH]ccc2c1CN1CCC2(CC1c1ccc(C(=O)NC34CC(C3)C4)cc1)CC(F)(F)C2. The maximum absolute atomic E-state index is 14.1. The van der Waals surface area contributed by atoms with Crippen LogP contribution in [0.15, 0.2) is 42.6 Å². The molecule has 200 valence electrons. The van der Waals surface area contributed by atoms with Crippen molar-refractivity contribution in [1.82, 2.24) is 15.2 Å². The Labute approximate surface area is 221 Å². The Morgan fingerprint density at radius 2 is 1.87 bits per heavy atom. The molecule has 7 heteroatoms. The van der Waals surface area contributed by atoms with Gasteiger partial charge >= 0.3 is 0 Å². The average molecular weight is 520 g/mol. The van der Waals surface area contributed by atoms with Gasteiger partial charge in [-0.15, -0.1) is 0 Å². The number of H-pyrrole nitrogens is 1. The number of fused-ring (bicyclic) bond motifs is 1. The van der Waals surface area contributed by atoms with Gasteiger partial charge in [0, 0.05) is 59.2 Å². The Kier molecular flexibility index (Phi) is 5.26. The van der Waals surface area contributed by atoms with Crippen LogP contribution in [0, 0.1) is 18.3 Å². The molecule has 1 amide bonds. The monoisotopic (exact) mass is 519 g/mol. The van der Waals surface area contributed by atoms with E-state index in [1.54, 1.807) is 7.11 Å². The molecule has 4 saturated carbocycles. The van der Waals surface area contributed by atoms with Gasteiger partial charge in [0.15, 0.2) is 0 Å². The van der Waals surface area contributed by atoms with Gasteiger partial charge in [-0.1, -0.05) is 12.1 Å². The van der Waals surface area contributed by atoms with Gasteiger partial charge in [-0.3, -0.25) is 9.69 Å². The second-order valence-electron chi connectivity index (χ2n) is 12.6. The minimum absolute atomic E-state index is 0.00502. The topological polar surface area (TPSA) is 57.4 Å². The van der Waals surface area contributed by atoms with Crippen LogP contribution in [0.5, 0.6) is 5.75 Å². The molecule has 2 N–H and O–H groups in total. The van der Waals surface area contributed by atoms with Crippen LogP contribution >= 0.6 is 0 Å². The highest BCUT2D eigenvalue weighted by Crippen LogP contribution is 2.61. The van der Waals surface area contributed by atoms with Crippen molar-refractivity contribution in [1.29, 1.82) is 0 Å². The molecular weight excluding hydrogens is 484 g/mol. The molecule has 2 aromatic carbocycles. The fourth-order valence-electron chi connectivity index (χ4n) is 7.85. The standard InChI is InChI=1S/C31H35F2N3O2/c1-19-11-26(38-2)24(23-7-9-34-27(19)23)16-36-10-8-29(17-31(32,33)18-29)15-25(36)21-3-5-22(6-4-21)28(37)35-30-12-20(13-30)14-30/h3-7,9,11,20,25,34H,8,10,12-18H2,1-2H3,(H,35,37). The van der Waals surface area contributed by atoms with Crippen molar-refractivity contribution in [2.24, 2.45) is 11.3 Å². The molecule has 38 heavy (non-hydrogen) atoms. The van der Waals surface area contributed by atoms with Gasteiger partial charge in [-0.2, -0.15) is 0 Å². The minimum Gasteiger partial charge on any atom is -0.496 e. The molecule has 2 bridgehead atoms. The number of likely N-dealkylation sites (tertiary alicyclic amines) is 1. The molecule has 4 aliphatic carbocycles. The number of hydrogen-bond acceptors (Lipinski definition) is 3. The first-order valence-electron chi connectivity index (χ1n) is 13.9. The normalized spacial score (nSPS) is 28.8. The number of piperidine rings is 1. The lowest BCUT2D eigenvalue weighted by molar-refractivity contribution is -0.186. The van der Waals surface area contributed by atoms with E-state index in [-0.39, 0.29) is 35.7 Å². The van der Waals surface area contributed by atoms with Crippen LogP contribution in [0.4, 0.5) is 8.78 Å². The van der Waals surface area contributed by atoms with Crippen molar-refractivity contribution in [3.05, 3.63) is 64.8 Å². The zero-order valence-electron chi connectivity index (χ0n) is 22.1. The lowest BCUT2D eigenvalue weighted by atomic mass is 9.50. The molecule has 5 nitrogen and oxygen atoms in total. The molecule has 5 fully saturated rings. The molecular formula is C31H35F2N3O2. The number of amides is 1. The maximum atomic E-state index is 14.1. The molecule has 1 aromatic heterocycles.